The first-order chi connectivity index (χ1) is 10.6. The maximum Gasteiger partial charge on any atom is 0.0633 e. The van der Waals surface area contributed by atoms with Gasteiger partial charge >= 0.3 is 0 Å². The number of rotatable bonds is 16. The Morgan fingerprint density at radius 3 is 1.73 bits per heavy atom. The van der Waals surface area contributed by atoms with Gasteiger partial charge in [0.1, 0.15) is 0 Å². The van der Waals surface area contributed by atoms with Gasteiger partial charge in [-0.1, -0.05) is 71.1 Å². The average molecular weight is 334 g/mol. The van der Waals surface area contributed by atoms with Gasteiger partial charge in [0.15, 0.2) is 0 Å². The molecule has 0 heterocycles. The highest BCUT2D eigenvalue weighted by Crippen LogP contribution is 2.19. The highest BCUT2D eigenvalue weighted by atomic mass is 32.1. The van der Waals surface area contributed by atoms with E-state index in [0.717, 1.165) is 12.8 Å². The van der Waals surface area contributed by atoms with E-state index < -0.39 is 5.54 Å². The predicted molar refractivity (Wildman–Crippen MR) is 99.6 cm³/mol. The number of aliphatic hydroxyl groups is 2. The topological polar surface area (TPSA) is 66.5 Å². The number of aliphatic hydroxyl groups excluding tert-OH is 2. The van der Waals surface area contributed by atoms with Crippen molar-refractivity contribution in [1.82, 2.24) is 0 Å². The fourth-order valence-corrected chi connectivity index (χ4v) is 2.99. The Bertz CT molecular complexity index is 235. The van der Waals surface area contributed by atoms with Crippen LogP contribution in [0.4, 0.5) is 0 Å². The molecule has 0 fully saturated rings. The number of unbranched alkanes of at least 4 members (excludes halogenated alkanes) is 9. The summed E-state index contributed by atoms with van der Waals surface area (Å²) in [5.41, 5.74) is 5.03. The number of hydrogen-bond acceptors (Lipinski definition) is 4. The van der Waals surface area contributed by atoms with Gasteiger partial charge in [0.05, 0.1) is 18.8 Å². The van der Waals surface area contributed by atoms with E-state index in [4.69, 9.17) is 15.9 Å². The second-order valence-corrected chi connectivity index (χ2v) is 7.57. The van der Waals surface area contributed by atoms with Crippen LogP contribution in [-0.4, -0.2) is 34.2 Å². The Kier molecular flexibility index (Phi) is 15.0. The van der Waals surface area contributed by atoms with Crippen LogP contribution in [-0.2, 0) is 0 Å². The molecule has 4 heteroatoms. The van der Waals surface area contributed by atoms with Crippen LogP contribution in [0.3, 0.4) is 0 Å². The Morgan fingerprint density at radius 1 is 0.818 bits per heavy atom. The molecule has 134 valence electrons. The summed E-state index contributed by atoms with van der Waals surface area (Å²) in [5, 5.41) is 18.6. The van der Waals surface area contributed by atoms with Gasteiger partial charge in [0, 0.05) is 5.25 Å². The van der Waals surface area contributed by atoms with E-state index in [2.05, 4.69) is 19.6 Å². The van der Waals surface area contributed by atoms with E-state index >= 15 is 0 Å². The van der Waals surface area contributed by atoms with Gasteiger partial charge in [-0.3, -0.25) is 0 Å². The molecule has 0 spiro atoms. The molecule has 0 aromatic carbocycles. The molecule has 22 heavy (non-hydrogen) atoms. The highest BCUT2D eigenvalue weighted by Gasteiger charge is 2.23. The monoisotopic (exact) mass is 333 g/mol. The molecular weight excluding hydrogens is 294 g/mol. The fourth-order valence-electron chi connectivity index (χ4n) is 2.67. The molecule has 4 N–H and O–H groups in total. The van der Waals surface area contributed by atoms with Gasteiger partial charge in [-0.15, -0.1) is 0 Å². The smallest absolute Gasteiger partial charge is 0.0633 e. The molecule has 0 aromatic rings. The van der Waals surface area contributed by atoms with Crippen LogP contribution >= 0.6 is 12.6 Å². The first kappa shape index (κ1) is 22.2. The van der Waals surface area contributed by atoms with Gasteiger partial charge in [-0.2, -0.15) is 12.6 Å². The second kappa shape index (κ2) is 14.8. The van der Waals surface area contributed by atoms with E-state index in [0.29, 0.717) is 11.7 Å². The minimum absolute atomic E-state index is 0.164. The first-order valence-corrected chi connectivity index (χ1v) is 9.78. The number of hydrogen-bond donors (Lipinski definition) is 4. The van der Waals surface area contributed by atoms with Crippen molar-refractivity contribution in [3.05, 3.63) is 0 Å². The van der Waals surface area contributed by atoms with E-state index in [1.165, 1.54) is 64.2 Å². The lowest BCUT2D eigenvalue weighted by Crippen LogP contribution is -2.47. The third-order valence-corrected chi connectivity index (χ3v) is 5.01. The molecule has 0 radical (unpaired) electrons. The Labute approximate surface area is 143 Å². The SMILES string of the molecule is CCCCCCCCCCCCC(S)CCC(N)(CO)CO. The van der Waals surface area contributed by atoms with E-state index in [1.54, 1.807) is 0 Å². The van der Waals surface area contributed by atoms with Crippen molar-refractivity contribution in [3.63, 3.8) is 0 Å². The van der Waals surface area contributed by atoms with Crippen LogP contribution in [0.25, 0.3) is 0 Å². The maximum absolute atomic E-state index is 9.15. The summed E-state index contributed by atoms with van der Waals surface area (Å²) in [6.07, 6.45) is 16.1. The van der Waals surface area contributed by atoms with Gasteiger partial charge in [0.2, 0.25) is 0 Å². The third kappa shape index (κ3) is 12.7. The number of thiol groups is 1. The largest absolute Gasteiger partial charge is 0.394 e. The highest BCUT2D eigenvalue weighted by molar-refractivity contribution is 7.80. The molecule has 0 aliphatic rings. The van der Waals surface area contributed by atoms with Crippen LogP contribution in [0.15, 0.2) is 0 Å². The second-order valence-electron chi connectivity index (χ2n) is 6.84. The third-order valence-electron chi connectivity index (χ3n) is 4.50. The summed E-state index contributed by atoms with van der Waals surface area (Å²) in [5.74, 6) is 0. The zero-order valence-electron chi connectivity index (χ0n) is 14.6. The van der Waals surface area contributed by atoms with E-state index in [1.807, 2.05) is 0 Å². The van der Waals surface area contributed by atoms with Crippen LogP contribution in [0.2, 0.25) is 0 Å². The summed E-state index contributed by atoms with van der Waals surface area (Å²) in [4.78, 5) is 0. The molecule has 0 aliphatic heterocycles. The van der Waals surface area contributed by atoms with Crippen LogP contribution in [0, 0.1) is 0 Å². The minimum Gasteiger partial charge on any atom is -0.394 e. The van der Waals surface area contributed by atoms with Gasteiger partial charge < -0.3 is 15.9 Å². The molecular formula is C18H39NO2S. The molecule has 1 unspecified atom stereocenters. The lowest BCUT2D eigenvalue weighted by Gasteiger charge is -2.25. The van der Waals surface area contributed by atoms with Crippen molar-refractivity contribution in [1.29, 1.82) is 0 Å². The first-order valence-electron chi connectivity index (χ1n) is 9.26. The standard InChI is InChI=1S/C18H39NO2S/c1-2-3-4-5-6-7-8-9-10-11-12-17(22)13-14-18(19,15-20)16-21/h17,20-22H,2-16,19H2,1H3. The summed E-state index contributed by atoms with van der Waals surface area (Å²) in [7, 11) is 0. The zero-order valence-corrected chi connectivity index (χ0v) is 15.5. The Balaban J connectivity index is 3.37. The van der Waals surface area contributed by atoms with E-state index in [9.17, 15) is 0 Å². The predicted octanol–water partition coefficient (Wildman–Crippen LogP) is 4.06. The lowest BCUT2D eigenvalue weighted by molar-refractivity contribution is 0.112. The molecule has 1 atom stereocenters. The summed E-state index contributed by atoms with van der Waals surface area (Å²) < 4.78 is 0. The van der Waals surface area contributed by atoms with Crippen molar-refractivity contribution in [2.45, 2.75) is 101 Å². The summed E-state index contributed by atoms with van der Waals surface area (Å²) in [6, 6.07) is 0. The van der Waals surface area contributed by atoms with Crippen molar-refractivity contribution in [3.8, 4) is 0 Å². The zero-order chi connectivity index (χ0) is 16.7. The molecule has 0 bridgehead atoms. The number of nitrogens with two attached hydrogens (primary N) is 1. The Hall–Kier alpha value is 0.230. The lowest BCUT2D eigenvalue weighted by atomic mass is 9.94. The van der Waals surface area contributed by atoms with Crippen LogP contribution in [0.1, 0.15) is 90.4 Å². The normalized spacial score (nSPS) is 13.5. The maximum atomic E-state index is 9.15. The summed E-state index contributed by atoms with van der Waals surface area (Å²) >= 11 is 4.59. The minimum atomic E-state index is -0.835. The molecule has 0 aliphatic carbocycles. The average Bonchev–Trinajstić information content (AvgIpc) is 2.54. The van der Waals surface area contributed by atoms with Crippen molar-refractivity contribution in [2.24, 2.45) is 5.73 Å². The van der Waals surface area contributed by atoms with Crippen molar-refractivity contribution >= 4 is 12.6 Å². The van der Waals surface area contributed by atoms with Gasteiger partial charge in [-0.05, 0) is 19.3 Å². The molecule has 3 nitrogen and oxygen atoms in total. The van der Waals surface area contributed by atoms with Crippen molar-refractivity contribution < 1.29 is 10.2 Å². The quantitative estimate of drug-likeness (QED) is 0.254. The van der Waals surface area contributed by atoms with Crippen LogP contribution < -0.4 is 5.73 Å². The molecule has 0 aromatic heterocycles. The summed E-state index contributed by atoms with van der Waals surface area (Å²) in [6.45, 7) is 1.93. The molecule has 0 rings (SSSR count). The van der Waals surface area contributed by atoms with Crippen LogP contribution in [0.5, 0.6) is 0 Å². The molecule has 0 saturated carbocycles. The Morgan fingerprint density at radius 2 is 1.27 bits per heavy atom. The fraction of sp³-hybridized carbons (Fsp3) is 1.00. The molecule has 0 amide bonds. The van der Waals surface area contributed by atoms with E-state index in [-0.39, 0.29) is 13.2 Å². The van der Waals surface area contributed by atoms with Gasteiger partial charge in [-0.25, -0.2) is 0 Å². The van der Waals surface area contributed by atoms with Crippen molar-refractivity contribution in [2.75, 3.05) is 13.2 Å². The van der Waals surface area contributed by atoms with Gasteiger partial charge in [0.25, 0.3) is 0 Å². The molecule has 0 saturated heterocycles.